The zero-order valence-electron chi connectivity index (χ0n) is 20.1. The molecule has 0 aliphatic carbocycles. The summed E-state index contributed by atoms with van der Waals surface area (Å²) in [4.78, 5) is 28.1. The lowest BCUT2D eigenvalue weighted by Crippen LogP contribution is -2.54. The Hall–Kier alpha value is -4.29. The number of aromatic nitrogens is 1. The fourth-order valence-corrected chi connectivity index (χ4v) is 4.84. The lowest BCUT2D eigenvalue weighted by molar-refractivity contribution is -0.122. The molecule has 5 nitrogen and oxygen atoms in total. The minimum Gasteiger partial charge on any atom is -0.313 e. The number of para-hydroxylation sites is 2. The van der Waals surface area contributed by atoms with Crippen molar-refractivity contribution in [1.82, 2.24) is 9.88 Å². The van der Waals surface area contributed by atoms with Gasteiger partial charge in [-0.25, -0.2) is 0 Å². The number of nitrogens with zero attached hydrogens (tertiary/aromatic N) is 2. The summed E-state index contributed by atoms with van der Waals surface area (Å²) >= 11 is 5.41. The molecule has 0 saturated carbocycles. The Morgan fingerprint density at radius 3 is 2.22 bits per heavy atom. The first kappa shape index (κ1) is 23.5. The van der Waals surface area contributed by atoms with Crippen LogP contribution in [0.1, 0.15) is 23.7 Å². The normalized spacial score (nSPS) is 14.9. The first-order valence-corrected chi connectivity index (χ1v) is 12.2. The van der Waals surface area contributed by atoms with Gasteiger partial charge < -0.3 is 4.57 Å². The quantitative estimate of drug-likeness (QED) is 0.217. The van der Waals surface area contributed by atoms with Crippen LogP contribution in [0.2, 0.25) is 0 Å². The summed E-state index contributed by atoms with van der Waals surface area (Å²) in [5.41, 5.74) is 6.41. The van der Waals surface area contributed by atoms with Crippen molar-refractivity contribution in [2.45, 2.75) is 20.3 Å². The Balaban J connectivity index is 1.65. The van der Waals surface area contributed by atoms with Crippen molar-refractivity contribution in [3.8, 4) is 16.9 Å². The summed E-state index contributed by atoms with van der Waals surface area (Å²) < 4.78 is 2.14. The van der Waals surface area contributed by atoms with E-state index in [1.165, 1.54) is 4.90 Å². The van der Waals surface area contributed by atoms with Crippen LogP contribution in [0, 0.1) is 6.92 Å². The van der Waals surface area contributed by atoms with Crippen molar-refractivity contribution in [2.24, 2.45) is 0 Å². The topological polar surface area (TPSA) is 54.3 Å². The molecule has 0 bridgehead atoms. The Bertz CT molecular complexity index is 1500. The first-order valence-electron chi connectivity index (χ1n) is 11.8. The molecule has 178 valence electrons. The molecule has 0 atom stereocenters. The van der Waals surface area contributed by atoms with E-state index < -0.39 is 11.8 Å². The Morgan fingerprint density at radius 1 is 0.889 bits per heavy atom. The van der Waals surface area contributed by atoms with Gasteiger partial charge in [-0.15, -0.1) is 0 Å². The third kappa shape index (κ3) is 4.16. The van der Waals surface area contributed by atoms with Gasteiger partial charge in [-0.2, -0.15) is 0 Å². The van der Waals surface area contributed by atoms with Gasteiger partial charge in [0.2, 0.25) is 0 Å². The molecule has 1 N–H and O–H groups in total. The number of aryl methyl sites for hydroxylation is 1. The highest BCUT2D eigenvalue weighted by Gasteiger charge is 2.35. The van der Waals surface area contributed by atoms with Crippen LogP contribution in [0.25, 0.3) is 23.0 Å². The minimum absolute atomic E-state index is 0.0439. The molecule has 1 fully saturated rings. The van der Waals surface area contributed by atoms with Gasteiger partial charge in [-0.05, 0) is 72.6 Å². The van der Waals surface area contributed by atoms with Crippen molar-refractivity contribution < 1.29 is 9.59 Å². The number of hydrogen-bond acceptors (Lipinski definition) is 3. The number of nitrogens with one attached hydrogen (secondary N) is 1. The highest BCUT2D eigenvalue weighted by atomic mass is 32.1. The number of carbonyl (C=O) groups is 2. The van der Waals surface area contributed by atoms with E-state index in [9.17, 15) is 9.59 Å². The maximum absolute atomic E-state index is 13.7. The number of benzene rings is 3. The van der Waals surface area contributed by atoms with Gasteiger partial charge in [0.05, 0.1) is 11.4 Å². The molecule has 0 spiro atoms. The van der Waals surface area contributed by atoms with Crippen LogP contribution in [0.5, 0.6) is 0 Å². The molecule has 36 heavy (non-hydrogen) atoms. The van der Waals surface area contributed by atoms with Crippen molar-refractivity contribution in [3.63, 3.8) is 0 Å². The van der Waals surface area contributed by atoms with Crippen LogP contribution in [-0.4, -0.2) is 21.5 Å². The third-order valence-electron chi connectivity index (χ3n) is 6.39. The van der Waals surface area contributed by atoms with Crippen LogP contribution in [0.15, 0.2) is 96.6 Å². The summed E-state index contributed by atoms with van der Waals surface area (Å²) in [7, 11) is 0. The summed E-state index contributed by atoms with van der Waals surface area (Å²) in [6.07, 6.45) is 2.40. The van der Waals surface area contributed by atoms with E-state index in [0.29, 0.717) is 5.69 Å². The van der Waals surface area contributed by atoms with Crippen LogP contribution in [-0.2, 0) is 16.0 Å². The van der Waals surface area contributed by atoms with Crippen molar-refractivity contribution in [2.75, 3.05) is 4.90 Å². The van der Waals surface area contributed by atoms with E-state index in [1.54, 1.807) is 6.08 Å². The smallest absolute Gasteiger partial charge is 0.270 e. The van der Waals surface area contributed by atoms with E-state index in [4.69, 9.17) is 12.2 Å². The summed E-state index contributed by atoms with van der Waals surface area (Å²) in [6.45, 7) is 4.01. The van der Waals surface area contributed by atoms with E-state index in [2.05, 4.69) is 9.88 Å². The van der Waals surface area contributed by atoms with Crippen molar-refractivity contribution in [1.29, 1.82) is 0 Å². The second kappa shape index (κ2) is 9.76. The lowest BCUT2D eigenvalue weighted by Gasteiger charge is -2.30. The molecule has 6 heteroatoms. The molecule has 2 amide bonds. The summed E-state index contributed by atoms with van der Waals surface area (Å²) in [5.74, 6) is -0.930. The summed E-state index contributed by atoms with van der Waals surface area (Å²) in [6, 6.07) is 29.7. The van der Waals surface area contributed by atoms with Crippen molar-refractivity contribution in [3.05, 3.63) is 113 Å². The Morgan fingerprint density at radius 2 is 1.53 bits per heavy atom. The average molecular weight is 492 g/mol. The molecule has 0 radical (unpaired) electrons. The Labute approximate surface area is 215 Å². The van der Waals surface area contributed by atoms with Crippen LogP contribution >= 0.6 is 12.2 Å². The number of thiocarbonyl (C=S) groups is 1. The zero-order chi connectivity index (χ0) is 25.2. The summed E-state index contributed by atoms with van der Waals surface area (Å²) in [5, 5.41) is 2.80. The number of rotatable bonds is 5. The second-order valence-electron chi connectivity index (χ2n) is 8.55. The maximum Gasteiger partial charge on any atom is 0.270 e. The molecular formula is C30H25N3O2S. The van der Waals surface area contributed by atoms with Gasteiger partial charge in [-0.1, -0.05) is 73.7 Å². The second-order valence-corrected chi connectivity index (χ2v) is 8.93. The minimum atomic E-state index is -0.497. The maximum atomic E-state index is 13.7. The van der Waals surface area contributed by atoms with Crippen molar-refractivity contribution >= 4 is 40.9 Å². The highest BCUT2D eigenvalue weighted by Crippen LogP contribution is 2.32. The molecule has 1 aliphatic heterocycles. The van der Waals surface area contributed by atoms with Gasteiger partial charge in [-0.3, -0.25) is 19.8 Å². The first-order chi connectivity index (χ1) is 17.5. The Kier molecular flexibility index (Phi) is 6.36. The molecule has 2 heterocycles. The monoisotopic (exact) mass is 491 g/mol. The molecule has 3 aromatic carbocycles. The van der Waals surface area contributed by atoms with E-state index in [1.807, 2.05) is 105 Å². The van der Waals surface area contributed by atoms with E-state index in [0.717, 1.165) is 40.2 Å². The molecule has 5 rings (SSSR count). The molecule has 0 unspecified atom stereocenters. The number of amides is 2. The fraction of sp³-hybridized carbons (Fsp3) is 0.100. The number of carbonyl (C=O) groups excluding carboxylic acids is 2. The predicted octanol–water partition coefficient (Wildman–Crippen LogP) is 5.85. The molecular weight excluding hydrogens is 466 g/mol. The van der Waals surface area contributed by atoms with Gasteiger partial charge in [0.25, 0.3) is 11.8 Å². The number of anilines is 1. The lowest BCUT2D eigenvalue weighted by atomic mass is 10.0. The molecule has 1 aliphatic rings. The largest absolute Gasteiger partial charge is 0.313 e. The van der Waals surface area contributed by atoms with Gasteiger partial charge in [0, 0.05) is 11.4 Å². The molecule has 1 aromatic heterocycles. The zero-order valence-corrected chi connectivity index (χ0v) is 20.9. The van der Waals surface area contributed by atoms with Crippen LogP contribution in [0.4, 0.5) is 5.69 Å². The van der Waals surface area contributed by atoms with E-state index >= 15 is 0 Å². The van der Waals surface area contributed by atoms with Gasteiger partial charge in [0.1, 0.15) is 5.57 Å². The average Bonchev–Trinajstić information content (AvgIpc) is 3.23. The SMILES string of the molecule is CCc1ccccc1N1C(=O)/C(=C\c2cc(-c3ccccc3)n(-c3ccccc3)c2C)C(=O)NC1=S. The van der Waals surface area contributed by atoms with Crippen LogP contribution in [0.3, 0.4) is 0 Å². The van der Waals surface area contributed by atoms with Crippen LogP contribution < -0.4 is 10.2 Å². The fourth-order valence-electron chi connectivity index (χ4n) is 4.56. The molecule has 4 aromatic rings. The number of hydrogen-bond donors (Lipinski definition) is 1. The predicted molar refractivity (Wildman–Crippen MR) is 148 cm³/mol. The third-order valence-corrected chi connectivity index (χ3v) is 6.67. The molecule has 1 saturated heterocycles. The van der Waals surface area contributed by atoms with E-state index in [-0.39, 0.29) is 10.7 Å². The highest BCUT2D eigenvalue weighted by molar-refractivity contribution is 7.80. The van der Waals surface area contributed by atoms with Gasteiger partial charge >= 0.3 is 0 Å². The standard InChI is InChI=1S/C30H25N3O2S/c1-3-21-12-10-11-17-26(21)33-29(35)25(28(34)31-30(33)36)18-23-19-27(22-13-6-4-7-14-22)32(20(23)2)24-15-8-5-9-16-24/h4-19H,3H2,1-2H3,(H,31,34,36)/b25-18-. The van der Waals surface area contributed by atoms with Gasteiger partial charge in [0.15, 0.2) is 5.11 Å².